The molecular formula is C28H39N3O2. The molecule has 0 radical (unpaired) electrons. The highest BCUT2D eigenvalue weighted by Crippen LogP contribution is 2.38. The highest BCUT2D eigenvalue weighted by molar-refractivity contribution is 5.77. The topological polar surface area (TPSA) is 36.0 Å². The third kappa shape index (κ3) is 5.19. The fourth-order valence-electron chi connectivity index (χ4n) is 5.38. The van der Waals surface area contributed by atoms with Crippen LogP contribution < -0.4 is 4.74 Å². The summed E-state index contributed by atoms with van der Waals surface area (Å²) in [5, 5.41) is 0. The Bertz CT molecular complexity index is 962. The van der Waals surface area contributed by atoms with Crippen molar-refractivity contribution >= 4 is 6.03 Å². The molecule has 2 heterocycles. The average Bonchev–Trinajstić information content (AvgIpc) is 3.28. The van der Waals surface area contributed by atoms with E-state index in [1.54, 1.807) is 7.11 Å². The summed E-state index contributed by atoms with van der Waals surface area (Å²) in [6.07, 6.45) is 12.9. The van der Waals surface area contributed by atoms with Crippen molar-refractivity contribution in [2.75, 3.05) is 39.8 Å². The van der Waals surface area contributed by atoms with Gasteiger partial charge in [0.05, 0.1) is 13.7 Å². The van der Waals surface area contributed by atoms with Crippen LogP contribution >= 0.6 is 0 Å². The van der Waals surface area contributed by atoms with Crippen LogP contribution in [0.1, 0.15) is 62.6 Å². The van der Waals surface area contributed by atoms with E-state index in [1.807, 2.05) is 9.80 Å². The lowest BCUT2D eigenvalue weighted by Crippen LogP contribution is -2.46. The number of rotatable bonds is 5. The maximum Gasteiger partial charge on any atom is 0.324 e. The van der Waals surface area contributed by atoms with E-state index in [0.29, 0.717) is 6.54 Å². The van der Waals surface area contributed by atoms with Crippen molar-refractivity contribution in [3.63, 3.8) is 0 Å². The van der Waals surface area contributed by atoms with Crippen LogP contribution in [0.2, 0.25) is 0 Å². The van der Waals surface area contributed by atoms with Crippen molar-refractivity contribution in [3.8, 4) is 5.75 Å². The number of fused-ring (bicyclic) bond motifs is 2. The van der Waals surface area contributed by atoms with Crippen molar-refractivity contribution in [3.05, 3.63) is 64.4 Å². The number of ether oxygens (including phenoxy) is 1. The Balaban J connectivity index is 1.64. The van der Waals surface area contributed by atoms with Gasteiger partial charge in [-0.3, -0.25) is 9.80 Å². The molecule has 0 aromatic heterocycles. The summed E-state index contributed by atoms with van der Waals surface area (Å²) in [5.74, 6) is 1.15. The van der Waals surface area contributed by atoms with Crippen LogP contribution in [-0.4, -0.2) is 60.6 Å². The van der Waals surface area contributed by atoms with E-state index < -0.39 is 0 Å². The Morgan fingerprint density at radius 2 is 2.00 bits per heavy atom. The van der Waals surface area contributed by atoms with Gasteiger partial charge in [0.1, 0.15) is 5.75 Å². The standard InChI is InChI=1S/C28H39N3O2/c1-5-22-17-24-20-31-25(16-21(3)27(24)26(18-22)33-4)12-9-13-29(19-23-10-7-8-11-23)14-15-30(6-2)28(31)32/h7-8,10,16-18,21H,5-6,9,11-15,19-20H2,1-4H3. The van der Waals surface area contributed by atoms with Gasteiger partial charge in [-0.05, 0) is 56.3 Å². The van der Waals surface area contributed by atoms with E-state index in [4.69, 9.17) is 4.74 Å². The Hall–Kier alpha value is -2.53. The number of benzene rings is 1. The summed E-state index contributed by atoms with van der Waals surface area (Å²) >= 11 is 0. The summed E-state index contributed by atoms with van der Waals surface area (Å²) in [5.41, 5.74) is 6.33. The molecule has 5 heteroatoms. The zero-order chi connectivity index (χ0) is 23.4. The molecule has 0 spiro atoms. The van der Waals surface area contributed by atoms with Crippen molar-refractivity contribution in [2.45, 2.75) is 58.9 Å². The van der Waals surface area contributed by atoms with Crippen molar-refractivity contribution in [2.24, 2.45) is 0 Å². The highest BCUT2D eigenvalue weighted by Gasteiger charge is 2.30. The summed E-state index contributed by atoms with van der Waals surface area (Å²) in [6, 6.07) is 4.57. The number of methoxy groups -OCH3 is 1. The summed E-state index contributed by atoms with van der Waals surface area (Å²) in [6.45, 7) is 11.6. The number of carbonyl (C=O) groups excluding carboxylic acids is 1. The minimum atomic E-state index is 0.133. The van der Waals surface area contributed by atoms with Gasteiger partial charge in [-0.1, -0.05) is 49.8 Å². The highest BCUT2D eigenvalue weighted by atomic mass is 16.5. The first-order chi connectivity index (χ1) is 16.0. The molecule has 1 fully saturated rings. The monoisotopic (exact) mass is 449 g/mol. The maximum absolute atomic E-state index is 13.8. The Morgan fingerprint density at radius 3 is 2.70 bits per heavy atom. The number of urea groups is 1. The van der Waals surface area contributed by atoms with Crippen molar-refractivity contribution in [1.29, 1.82) is 0 Å². The first-order valence-corrected chi connectivity index (χ1v) is 12.6. The fourth-order valence-corrected chi connectivity index (χ4v) is 5.38. The fraction of sp³-hybridized carbons (Fsp3) is 0.536. The average molecular weight is 450 g/mol. The van der Waals surface area contributed by atoms with E-state index in [9.17, 15) is 4.79 Å². The van der Waals surface area contributed by atoms with E-state index in [0.717, 1.165) is 69.9 Å². The molecule has 1 aromatic carbocycles. The number of nitrogens with zero attached hydrogens (tertiary/aromatic N) is 3. The van der Waals surface area contributed by atoms with Gasteiger partial charge in [-0.25, -0.2) is 4.79 Å². The predicted octanol–water partition coefficient (Wildman–Crippen LogP) is 5.48. The zero-order valence-electron chi connectivity index (χ0n) is 20.8. The molecule has 5 nitrogen and oxygen atoms in total. The second-order valence-electron chi connectivity index (χ2n) is 9.46. The van der Waals surface area contributed by atoms with E-state index in [2.05, 4.69) is 62.1 Å². The first-order valence-electron chi connectivity index (χ1n) is 12.6. The van der Waals surface area contributed by atoms with Gasteiger partial charge >= 0.3 is 6.03 Å². The number of aryl methyl sites for hydroxylation is 1. The van der Waals surface area contributed by atoms with Crippen LogP contribution in [0, 0.1) is 0 Å². The van der Waals surface area contributed by atoms with Crippen LogP contribution in [0.15, 0.2) is 47.7 Å². The molecule has 3 aliphatic rings. The molecule has 1 aliphatic carbocycles. The number of amides is 2. The first kappa shape index (κ1) is 23.6. The smallest absolute Gasteiger partial charge is 0.324 e. The van der Waals surface area contributed by atoms with E-state index in [1.165, 1.54) is 22.3 Å². The lowest BCUT2D eigenvalue weighted by Gasteiger charge is -2.35. The van der Waals surface area contributed by atoms with Gasteiger partial charge in [-0.15, -0.1) is 0 Å². The second kappa shape index (κ2) is 10.6. The zero-order valence-corrected chi connectivity index (χ0v) is 20.8. The number of carbonyl (C=O) groups is 1. The molecule has 2 aliphatic heterocycles. The number of hydrogen-bond donors (Lipinski definition) is 0. The van der Waals surface area contributed by atoms with Gasteiger partial charge in [0, 0.05) is 43.4 Å². The van der Waals surface area contributed by atoms with Gasteiger partial charge in [-0.2, -0.15) is 0 Å². The molecule has 0 bridgehead atoms. The molecule has 1 aromatic rings. The molecule has 0 N–H and O–H groups in total. The van der Waals surface area contributed by atoms with Crippen LogP contribution in [0.5, 0.6) is 5.75 Å². The second-order valence-corrected chi connectivity index (χ2v) is 9.46. The Labute approximate surface area is 199 Å². The Kier molecular flexibility index (Phi) is 7.59. The molecule has 1 saturated heterocycles. The Morgan fingerprint density at radius 1 is 1.15 bits per heavy atom. The predicted molar refractivity (Wildman–Crippen MR) is 135 cm³/mol. The van der Waals surface area contributed by atoms with Gasteiger partial charge < -0.3 is 9.64 Å². The van der Waals surface area contributed by atoms with Gasteiger partial charge in [0.15, 0.2) is 0 Å². The van der Waals surface area contributed by atoms with Crippen LogP contribution in [0.3, 0.4) is 0 Å². The molecule has 0 saturated carbocycles. The quantitative estimate of drug-likeness (QED) is 0.597. The normalized spacial score (nSPS) is 21.8. The van der Waals surface area contributed by atoms with E-state index >= 15 is 0 Å². The summed E-state index contributed by atoms with van der Waals surface area (Å²) in [4.78, 5) is 20.4. The van der Waals surface area contributed by atoms with Gasteiger partial charge in [0.25, 0.3) is 0 Å². The van der Waals surface area contributed by atoms with Crippen LogP contribution in [0.4, 0.5) is 4.79 Å². The molecule has 178 valence electrons. The molecule has 1 unspecified atom stereocenters. The largest absolute Gasteiger partial charge is 0.496 e. The minimum Gasteiger partial charge on any atom is -0.496 e. The molecule has 33 heavy (non-hydrogen) atoms. The molecule has 2 amide bonds. The third-order valence-electron chi connectivity index (χ3n) is 7.24. The van der Waals surface area contributed by atoms with Crippen LogP contribution in [-0.2, 0) is 13.0 Å². The lowest BCUT2D eigenvalue weighted by molar-refractivity contribution is 0.150. The molecular weight excluding hydrogens is 410 g/mol. The number of likely N-dealkylation sites (N-methyl/N-ethyl adjacent to an activating group) is 1. The van der Waals surface area contributed by atoms with Crippen molar-refractivity contribution in [1.82, 2.24) is 14.7 Å². The van der Waals surface area contributed by atoms with E-state index in [-0.39, 0.29) is 11.9 Å². The summed E-state index contributed by atoms with van der Waals surface area (Å²) in [7, 11) is 1.76. The van der Waals surface area contributed by atoms with Crippen molar-refractivity contribution < 1.29 is 9.53 Å². The molecule has 1 atom stereocenters. The third-order valence-corrected chi connectivity index (χ3v) is 7.24. The maximum atomic E-state index is 13.8. The number of allylic oxidation sites excluding steroid dienone is 5. The minimum absolute atomic E-state index is 0.133. The van der Waals surface area contributed by atoms with Crippen LogP contribution in [0.25, 0.3) is 0 Å². The lowest BCUT2D eigenvalue weighted by atomic mass is 9.92. The molecule has 4 rings (SSSR count). The number of hydrogen-bond acceptors (Lipinski definition) is 3. The van der Waals surface area contributed by atoms with Gasteiger partial charge in [0.2, 0.25) is 0 Å². The summed E-state index contributed by atoms with van der Waals surface area (Å²) < 4.78 is 5.81. The SMILES string of the molecule is CCc1cc2c(c(OC)c1)C(C)C=C1CCCN(CC3=CC=CC3)CCN(CC)C(=O)N1C2.